The normalized spacial score (nSPS) is 12.4. The summed E-state index contributed by atoms with van der Waals surface area (Å²) >= 11 is 0. The summed E-state index contributed by atoms with van der Waals surface area (Å²) in [6.45, 7) is 47.1. The van der Waals surface area contributed by atoms with E-state index >= 15 is 0 Å². The Bertz CT molecular complexity index is 1190. The predicted octanol–water partition coefficient (Wildman–Crippen LogP) is -11.1. The van der Waals surface area contributed by atoms with E-state index in [0.29, 0.717) is 65.4 Å². The summed E-state index contributed by atoms with van der Waals surface area (Å²) in [6.07, 6.45) is 0. The summed E-state index contributed by atoms with van der Waals surface area (Å²) in [5.74, 6) is 0. The molecule has 0 fully saturated rings. The first-order valence-electron chi connectivity index (χ1n) is 32.2. The van der Waals surface area contributed by atoms with Crippen molar-refractivity contribution >= 4 is 0 Å². The molecule has 0 aromatic carbocycles. The lowest BCUT2D eigenvalue weighted by atomic mass is 10.3. The zero-order valence-electron chi connectivity index (χ0n) is 52.5. The number of hydrogen-bond acceptors (Lipinski definition) is 28. The Balaban J connectivity index is 6.28. The minimum absolute atomic E-state index is 0.627. The molecule has 0 saturated heterocycles. The number of rotatable bonds is 71. The molecule has 0 amide bonds. The average molecular weight is 1180 g/mol. The molecule has 0 spiro atoms. The molecule has 82 heavy (non-hydrogen) atoms. The van der Waals surface area contributed by atoms with Crippen LogP contribution in [-0.2, 0) is 0 Å². The van der Waals surface area contributed by atoms with Gasteiger partial charge in [-0.25, -0.2) is 0 Å². The van der Waals surface area contributed by atoms with Crippen LogP contribution < -0.4 is 111 Å². The van der Waals surface area contributed by atoms with Gasteiger partial charge in [0.15, 0.2) is 0 Å². The van der Waals surface area contributed by atoms with E-state index in [-0.39, 0.29) is 0 Å². The first kappa shape index (κ1) is 80.9. The van der Waals surface area contributed by atoms with E-state index < -0.39 is 0 Å². The van der Waals surface area contributed by atoms with Crippen molar-refractivity contribution in [3.8, 4) is 0 Å². The van der Waals surface area contributed by atoms with E-state index in [4.69, 9.17) is 57.3 Å². The van der Waals surface area contributed by atoms with Crippen molar-refractivity contribution in [2.24, 2.45) is 57.3 Å². The molecule has 0 unspecified atom stereocenters. The molecule has 0 rings (SSSR count). The van der Waals surface area contributed by atoms with Gasteiger partial charge in [0.25, 0.3) is 0 Å². The maximum Gasteiger partial charge on any atom is 0.0110 e. The number of nitrogens with zero attached hydrogens (tertiary/aromatic N) is 8. The molecule has 0 aliphatic rings. The highest BCUT2D eigenvalue weighted by Crippen LogP contribution is 2.00. The van der Waals surface area contributed by atoms with Gasteiger partial charge in [0.2, 0.25) is 0 Å². The SMILES string of the molecule is NCCNCCNCCN(CCNCCN)CCN(CCNCCNCCN(CCN)CCN)CCNCCN(CCN(CCNCCNCCN)CCN(CCN)CCN)CCN(CCNCCN)CCN(CCN)CCNCCN. The molecule has 28 heteroatoms. The van der Waals surface area contributed by atoms with Crippen LogP contribution in [0.2, 0.25) is 0 Å². The highest BCUT2D eigenvalue weighted by Gasteiger charge is 2.16. The van der Waals surface area contributed by atoms with Gasteiger partial charge in [0.1, 0.15) is 0 Å². The molecule has 0 bridgehead atoms. The molecule has 0 saturated carbocycles. The van der Waals surface area contributed by atoms with E-state index in [1.807, 2.05) is 0 Å². The summed E-state index contributed by atoms with van der Waals surface area (Å²) in [6, 6.07) is 0. The van der Waals surface area contributed by atoms with Gasteiger partial charge in [0.05, 0.1) is 0 Å². The third-order valence-electron chi connectivity index (χ3n) is 14.4. The summed E-state index contributed by atoms with van der Waals surface area (Å²) in [7, 11) is 0. The van der Waals surface area contributed by atoms with Crippen molar-refractivity contribution in [1.29, 1.82) is 0 Å². The largest absolute Gasteiger partial charge is 0.329 e. The molecule has 0 aromatic heterocycles. The Labute approximate surface area is 501 Å². The minimum Gasteiger partial charge on any atom is -0.329 e. The Morgan fingerprint density at radius 2 is 0.244 bits per heavy atom. The van der Waals surface area contributed by atoms with Gasteiger partial charge in [0, 0.05) is 353 Å². The van der Waals surface area contributed by atoms with Crippen molar-refractivity contribution in [2.75, 3.05) is 353 Å². The van der Waals surface area contributed by atoms with Crippen molar-refractivity contribution in [2.45, 2.75) is 0 Å². The van der Waals surface area contributed by atoms with Crippen LogP contribution >= 0.6 is 0 Å². The van der Waals surface area contributed by atoms with Crippen molar-refractivity contribution in [3.05, 3.63) is 0 Å². The lowest BCUT2D eigenvalue weighted by Crippen LogP contribution is -2.48. The lowest BCUT2D eigenvalue weighted by Gasteiger charge is -2.32. The van der Waals surface area contributed by atoms with Crippen molar-refractivity contribution in [1.82, 2.24) is 92.4 Å². The first-order chi connectivity index (χ1) is 40.4. The third-order valence-corrected chi connectivity index (χ3v) is 14.4. The summed E-state index contributed by atoms with van der Waals surface area (Å²) in [5, 5.41) is 35.8. The fourth-order valence-corrected chi connectivity index (χ4v) is 9.44. The second kappa shape index (κ2) is 65.8. The third kappa shape index (κ3) is 54.3. The van der Waals surface area contributed by atoms with Crippen LogP contribution in [0.25, 0.3) is 0 Å². The topological polar surface area (TPSA) is 406 Å². The van der Waals surface area contributed by atoms with Gasteiger partial charge in [-0.05, 0) is 0 Å². The van der Waals surface area contributed by atoms with Crippen LogP contribution in [0.3, 0.4) is 0 Å². The molecule has 28 nitrogen and oxygen atoms in total. The highest BCUT2D eigenvalue weighted by molar-refractivity contribution is 4.75. The molecule has 0 heterocycles. The van der Waals surface area contributed by atoms with Crippen LogP contribution in [0.5, 0.6) is 0 Å². The number of hydrogen-bond donors (Lipinski definition) is 20. The quantitative estimate of drug-likeness (QED) is 0.0252. The van der Waals surface area contributed by atoms with Gasteiger partial charge in [-0.1, -0.05) is 0 Å². The number of nitrogens with one attached hydrogen (secondary N) is 10. The van der Waals surface area contributed by atoms with Gasteiger partial charge in [-0.2, -0.15) is 0 Å². The Hall–Kier alpha value is -1.12. The standard InChI is InChI=1S/C54H138N28/c55-1-11-65-16-18-70-26-39-78(38-23-68-14-4-58)47-48-79(40-27-73-21-20-72-25-36-75(31-6-60)32-7-61)41-29-74-30-44-82(53-51-80(42-24-69-15-5-59)50-46-77(35-10-64)37-22-67-13-3-57)54-52-81(43-28-71-19-17-66-12-2-56)49-45-76(33-8-62)34-9-63/h65-74H,1-64H2. The summed E-state index contributed by atoms with van der Waals surface area (Å²) < 4.78 is 0. The Morgan fingerprint density at radius 3 is 0.427 bits per heavy atom. The molecule has 0 aliphatic heterocycles. The van der Waals surface area contributed by atoms with Gasteiger partial charge in [-0.3, -0.25) is 39.2 Å². The van der Waals surface area contributed by atoms with Gasteiger partial charge in [-0.15, -0.1) is 0 Å². The predicted molar refractivity (Wildman–Crippen MR) is 351 cm³/mol. The Morgan fingerprint density at radius 1 is 0.122 bits per heavy atom. The maximum atomic E-state index is 6.12. The molecule has 0 aliphatic carbocycles. The summed E-state index contributed by atoms with van der Waals surface area (Å²) in [5.41, 5.74) is 58.8. The van der Waals surface area contributed by atoms with E-state index in [9.17, 15) is 0 Å². The van der Waals surface area contributed by atoms with E-state index in [2.05, 4.69) is 92.4 Å². The molecular formula is C54H138N28. The molecule has 0 aromatic rings. The van der Waals surface area contributed by atoms with Crippen LogP contribution in [-0.4, -0.2) is 393 Å². The smallest absolute Gasteiger partial charge is 0.0110 e. The fourth-order valence-electron chi connectivity index (χ4n) is 9.44. The van der Waals surface area contributed by atoms with Crippen LogP contribution in [0.1, 0.15) is 0 Å². The van der Waals surface area contributed by atoms with E-state index in [1.54, 1.807) is 0 Å². The van der Waals surface area contributed by atoms with E-state index in [0.717, 1.165) is 288 Å². The first-order valence-corrected chi connectivity index (χ1v) is 32.2. The minimum atomic E-state index is 0.627. The molecule has 494 valence electrons. The maximum absolute atomic E-state index is 6.12. The molecule has 0 atom stereocenters. The monoisotopic (exact) mass is 1180 g/mol. The molecular weight excluding hydrogens is 1040 g/mol. The average Bonchev–Trinajstić information content (AvgIpc) is 3.48. The highest BCUT2D eigenvalue weighted by atomic mass is 15.3. The van der Waals surface area contributed by atoms with Gasteiger partial charge >= 0.3 is 0 Å². The zero-order valence-corrected chi connectivity index (χ0v) is 52.5. The van der Waals surface area contributed by atoms with Crippen LogP contribution in [0.4, 0.5) is 0 Å². The number of nitrogens with two attached hydrogens (primary N) is 10. The van der Waals surface area contributed by atoms with Crippen LogP contribution in [0, 0.1) is 0 Å². The summed E-state index contributed by atoms with van der Waals surface area (Å²) in [4.78, 5) is 20.3. The lowest BCUT2D eigenvalue weighted by molar-refractivity contribution is 0.154. The Kier molecular flexibility index (Phi) is 64.9. The molecule has 0 radical (unpaired) electrons. The zero-order chi connectivity index (χ0) is 59.9. The van der Waals surface area contributed by atoms with Crippen molar-refractivity contribution in [3.63, 3.8) is 0 Å². The van der Waals surface area contributed by atoms with Crippen molar-refractivity contribution < 1.29 is 0 Å². The molecule has 30 N–H and O–H groups in total. The van der Waals surface area contributed by atoms with Gasteiger partial charge < -0.3 is 111 Å². The van der Waals surface area contributed by atoms with E-state index in [1.165, 1.54) is 0 Å². The second-order valence-corrected chi connectivity index (χ2v) is 21.1. The second-order valence-electron chi connectivity index (χ2n) is 21.1. The fraction of sp³-hybridized carbons (Fsp3) is 1.00. The van der Waals surface area contributed by atoms with Crippen LogP contribution in [0.15, 0.2) is 0 Å².